The van der Waals surface area contributed by atoms with Gasteiger partial charge in [-0.25, -0.2) is 4.79 Å². The normalized spacial score (nSPS) is 15.7. The van der Waals surface area contributed by atoms with E-state index in [9.17, 15) is 4.79 Å². The molecule has 1 aromatic rings. The molecule has 0 atom stereocenters. The van der Waals surface area contributed by atoms with Gasteiger partial charge in [0, 0.05) is 6.04 Å². The summed E-state index contributed by atoms with van der Waals surface area (Å²) in [7, 11) is 0. The fourth-order valence-corrected chi connectivity index (χ4v) is 1.59. The van der Waals surface area contributed by atoms with Crippen LogP contribution in [0.1, 0.15) is 29.6 Å². The van der Waals surface area contributed by atoms with E-state index in [2.05, 4.69) is 15.5 Å². The number of aromatic carboxylic acids is 1. The van der Waals surface area contributed by atoms with Crippen LogP contribution in [0.15, 0.2) is 6.07 Å². The van der Waals surface area contributed by atoms with Gasteiger partial charge >= 0.3 is 5.97 Å². The smallest absolute Gasteiger partial charge is 0.339 e. The molecule has 3 N–H and O–H groups in total. The average Bonchev–Trinajstić information content (AvgIpc) is 2.12. The van der Waals surface area contributed by atoms with Crippen molar-refractivity contribution in [1.29, 1.82) is 0 Å². The van der Waals surface area contributed by atoms with Gasteiger partial charge in [-0.05, 0) is 25.3 Å². The zero-order valence-electron chi connectivity index (χ0n) is 7.99. The van der Waals surface area contributed by atoms with Gasteiger partial charge in [0.2, 0.25) is 0 Å². The molecule has 6 heteroatoms. The molecule has 1 aliphatic carbocycles. The van der Waals surface area contributed by atoms with Crippen LogP contribution in [0.4, 0.5) is 5.82 Å². The minimum absolute atomic E-state index is 0.130. The van der Waals surface area contributed by atoms with Gasteiger partial charge in [-0.15, -0.1) is 0 Å². The first-order chi connectivity index (χ1) is 7.16. The molecule has 0 amide bonds. The summed E-state index contributed by atoms with van der Waals surface area (Å²) in [5.41, 5.74) is 0.130. The van der Waals surface area contributed by atoms with Gasteiger partial charge < -0.3 is 10.4 Å². The third kappa shape index (κ3) is 2.15. The monoisotopic (exact) mass is 225 g/mol. The number of H-pyrrole nitrogens is 1. The maximum atomic E-state index is 10.9. The number of nitrogens with zero attached hydrogens (tertiary/aromatic N) is 1. The van der Waals surface area contributed by atoms with E-state index in [1.54, 1.807) is 0 Å². The summed E-state index contributed by atoms with van der Waals surface area (Å²) in [6, 6.07) is 1.76. The summed E-state index contributed by atoms with van der Waals surface area (Å²) in [5, 5.41) is 18.5. The second-order valence-electron chi connectivity index (χ2n) is 3.57. The van der Waals surface area contributed by atoms with Crippen molar-refractivity contribution in [2.75, 3.05) is 5.32 Å². The Balaban J connectivity index is 2.27. The van der Waals surface area contributed by atoms with Crippen molar-refractivity contribution < 1.29 is 9.90 Å². The molecular formula is C9H11N3O2S. The number of hydrogen-bond donors (Lipinski definition) is 3. The van der Waals surface area contributed by atoms with Crippen molar-refractivity contribution in [2.45, 2.75) is 25.3 Å². The van der Waals surface area contributed by atoms with E-state index in [-0.39, 0.29) is 5.56 Å². The molecule has 0 aliphatic heterocycles. The number of nitrogens with one attached hydrogen (secondary N) is 2. The van der Waals surface area contributed by atoms with Crippen LogP contribution in [0, 0.1) is 4.64 Å². The molecule has 0 aromatic carbocycles. The largest absolute Gasteiger partial charge is 0.478 e. The van der Waals surface area contributed by atoms with Crippen LogP contribution in [0.2, 0.25) is 0 Å². The first-order valence-corrected chi connectivity index (χ1v) is 5.17. The van der Waals surface area contributed by atoms with Gasteiger partial charge in [-0.2, -0.15) is 5.10 Å². The Morgan fingerprint density at radius 3 is 2.93 bits per heavy atom. The van der Waals surface area contributed by atoms with E-state index in [0.29, 0.717) is 16.5 Å². The highest BCUT2D eigenvalue weighted by atomic mass is 32.1. The maximum absolute atomic E-state index is 10.9. The van der Waals surface area contributed by atoms with Crippen LogP contribution < -0.4 is 5.32 Å². The molecule has 80 valence electrons. The molecule has 0 spiro atoms. The Bertz CT molecular complexity index is 439. The highest BCUT2D eigenvalue weighted by Gasteiger charge is 2.20. The summed E-state index contributed by atoms with van der Waals surface area (Å²) in [5.74, 6) is -0.634. The summed E-state index contributed by atoms with van der Waals surface area (Å²) in [6.07, 6.45) is 3.32. The minimum atomic E-state index is -1.01. The molecule has 0 unspecified atom stereocenters. The average molecular weight is 225 g/mol. The highest BCUT2D eigenvalue weighted by molar-refractivity contribution is 7.71. The maximum Gasteiger partial charge on any atom is 0.339 e. The topological polar surface area (TPSA) is 78.0 Å². The highest BCUT2D eigenvalue weighted by Crippen LogP contribution is 2.23. The summed E-state index contributed by atoms with van der Waals surface area (Å²) in [6.45, 7) is 0. The van der Waals surface area contributed by atoms with Gasteiger partial charge in [-0.1, -0.05) is 12.2 Å². The fraction of sp³-hybridized carbons (Fsp3) is 0.444. The van der Waals surface area contributed by atoms with E-state index in [1.807, 2.05) is 0 Å². The number of aromatic amines is 1. The predicted molar refractivity (Wildman–Crippen MR) is 57.6 cm³/mol. The molecule has 0 bridgehead atoms. The SMILES string of the molecule is O=C(O)c1cc(=S)[nH]nc1NC1CCC1. The van der Waals surface area contributed by atoms with Crippen molar-refractivity contribution in [2.24, 2.45) is 0 Å². The second kappa shape index (κ2) is 3.98. The van der Waals surface area contributed by atoms with Gasteiger partial charge in [0.15, 0.2) is 5.82 Å². The Morgan fingerprint density at radius 1 is 1.67 bits per heavy atom. The number of hydrogen-bond acceptors (Lipinski definition) is 4. The second-order valence-corrected chi connectivity index (χ2v) is 4.01. The lowest BCUT2D eigenvalue weighted by Crippen LogP contribution is -2.28. The molecule has 1 saturated carbocycles. The Morgan fingerprint density at radius 2 is 2.40 bits per heavy atom. The number of carboxylic acids is 1. The molecule has 1 aromatic heterocycles. The number of anilines is 1. The van der Waals surface area contributed by atoms with Crippen molar-refractivity contribution in [3.63, 3.8) is 0 Å². The zero-order chi connectivity index (χ0) is 10.8. The van der Waals surface area contributed by atoms with Crippen molar-refractivity contribution in [1.82, 2.24) is 10.2 Å². The van der Waals surface area contributed by atoms with Crippen LogP contribution in [-0.2, 0) is 0 Å². The van der Waals surface area contributed by atoms with Crippen molar-refractivity contribution in [3.05, 3.63) is 16.3 Å². The standard InChI is InChI=1S/C9H11N3O2S/c13-9(14)6-4-7(15)11-12-8(6)10-5-2-1-3-5/h4-5H,1-3H2,(H,10,12)(H,11,15)(H,13,14). The van der Waals surface area contributed by atoms with Gasteiger partial charge in [0.1, 0.15) is 10.2 Å². The first kappa shape index (κ1) is 10.1. The van der Waals surface area contributed by atoms with Gasteiger partial charge in [-0.3, -0.25) is 5.10 Å². The molecule has 0 radical (unpaired) electrons. The van der Waals surface area contributed by atoms with Crippen LogP contribution in [0.25, 0.3) is 0 Å². The molecule has 0 saturated heterocycles. The third-order valence-electron chi connectivity index (χ3n) is 2.48. The van der Waals surface area contributed by atoms with E-state index in [0.717, 1.165) is 12.8 Å². The molecule has 1 fully saturated rings. The molecule has 2 rings (SSSR count). The number of rotatable bonds is 3. The predicted octanol–water partition coefficient (Wildman–Crippen LogP) is 1.80. The molecule has 1 aliphatic rings. The van der Waals surface area contributed by atoms with Crippen molar-refractivity contribution in [3.8, 4) is 0 Å². The van der Waals surface area contributed by atoms with Crippen LogP contribution in [0.3, 0.4) is 0 Å². The van der Waals surface area contributed by atoms with E-state index >= 15 is 0 Å². The number of carbonyl (C=O) groups is 1. The van der Waals surface area contributed by atoms with Crippen LogP contribution in [0.5, 0.6) is 0 Å². The van der Waals surface area contributed by atoms with Gasteiger partial charge in [0.05, 0.1) is 0 Å². The lowest BCUT2D eigenvalue weighted by molar-refractivity contribution is 0.0697. The van der Waals surface area contributed by atoms with E-state index < -0.39 is 5.97 Å². The number of carboxylic acid groups (broad SMARTS) is 1. The molecular weight excluding hydrogens is 214 g/mol. The fourth-order valence-electron chi connectivity index (χ4n) is 1.42. The molecule has 1 heterocycles. The lowest BCUT2D eigenvalue weighted by Gasteiger charge is -2.27. The lowest BCUT2D eigenvalue weighted by atomic mass is 9.93. The Labute approximate surface area is 91.5 Å². The molecule has 15 heavy (non-hydrogen) atoms. The zero-order valence-corrected chi connectivity index (χ0v) is 8.80. The van der Waals surface area contributed by atoms with Crippen LogP contribution >= 0.6 is 12.2 Å². The Hall–Kier alpha value is -1.43. The van der Waals surface area contributed by atoms with Crippen molar-refractivity contribution >= 4 is 24.0 Å². The van der Waals surface area contributed by atoms with Crippen LogP contribution in [-0.4, -0.2) is 27.3 Å². The quantitative estimate of drug-likeness (QED) is 0.684. The van der Waals surface area contributed by atoms with E-state index in [1.165, 1.54) is 12.5 Å². The summed E-state index contributed by atoms with van der Waals surface area (Å²) >= 11 is 4.83. The number of aromatic nitrogens is 2. The summed E-state index contributed by atoms with van der Waals surface area (Å²) in [4.78, 5) is 10.9. The van der Waals surface area contributed by atoms with Gasteiger partial charge in [0.25, 0.3) is 0 Å². The Kier molecular flexibility index (Phi) is 2.68. The minimum Gasteiger partial charge on any atom is -0.478 e. The first-order valence-electron chi connectivity index (χ1n) is 4.76. The summed E-state index contributed by atoms with van der Waals surface area (Å²) < 4.78 is 0.326. The molecule has 5 nitrogen and oxygen atoms in total. The third-order valence-corrected chi connectivity index (χ3v) is 2.69. The van der Waals surface area contributed by atoms with E-state index in [4.69, 9.17) is 17.3 Å².